The molecule has 0 bridgehead atoms. The van der Waals surface area contributed by atoms with Crippen LogP contribution in [0.25, 0.3) is 0 Å². The number of carbonyl (C=O) groups is 1. The first-order valence-corrected chi connectivity index (χ1v) is 9.36. The lowest BCUT2D eigenvalue weighted by molar-refractivity contribution is -0.287. The zero-order chi connectivity index (χ0) is 17.6. The lowest BCUT2D eigenvalue weighted by Gasteiger charge is -2.37. The Bertz CT molecular complexity index is 518. The Morgan fingerprint density at radius 3 is 2.50 bits per heavy atom. The molecule has 3 nitrogen and oxygen atoms in total. The maximum atomic E-state index is 12.2. The number of hydrogen-bond acceptors (Lipinski definition) is 3. The number of benzene rings is 1. The second-order valence-corrected chi connectivity index (χ2v) is 8.16. The van der Waals surface area contributed by atoms with Crippen LogP contribution in [0.4, 0.5) is 0 Å². The molecule has 0 heterocycles. The van der Waals surface area contributed by atoms with Crippen molar-refractivity contribution in [3.05, 3.63) is 35.4 Å². The van der Waals surface area contributed by atoms with E-state index >= 15 is 0 Å². The summed E-state index contributed by atoms with van der Waals surface area (Å²) in [6.07, 6.45) is 7.80. The molecule has 1 aromatic carbocycles. The van der Waals surface area contributed by atoms with Crippen molar-refractivity contribution in [3.63, 3.8) is 0 Å². The molecule has 0 aliphatic heterocycles. The quantitative estimate of drug-likeness (QED) is 0.364. The predicted molar refractivity (Wildman–Crippen MR) is 96.8 cm³/mol. The molecule has 3 heteroatoms. The summed E-state index contributed by atoms with van der Waals surface area (Å²) in [7, 11) is 0. The van der Waals surface area contributed by atoms with Gasteiger partial charge in [-0.25, -0.2) is 4.79 Å². The number of aryl methyl sites for hydroxylation is 1. The Balaban J connectivity index is 1.82. The molecule has 0 aromatic heterocycles. The van der Waals surface area contributed by atoms with E-state index in [1.165, 1.54) is 31.2 Å². The summed E-state index contributed by atoms with van der Waals surface area (Å²) in [5.74, 6) is 0.200. The van der Waals surface area contributed by atoms with Crippen molar-refractivity contribution in [2.75, 3.05) is 0 Å². The Morgan fingerprint density at radius 2 is 1.88 bits per heavy atom. The van der Waals surface area contributed by atoms with Crippen LogP contribution in [0.5, 0.6) is 0 Å². The lowest BCUT2D eigenvalue weighted by Crippen LogP contribution is -2.33. The molecule has 134 valence electrons. The van der Waals surface area contributed by atoms with Crippen LogP contribution in [0.15, 0.2) is 24.3 Å². The van der Waals surface area contributed by atoms with Gasteiger partial charge in [-0.15, -0.1) is 0 Å². The summed E-state index contributed by atoms with van der Waals surface area (Å²) in [4.78, 5) is 22.7. The van der Waals surface area contributed by atoms with Gasteiger partial charge >= 0.3 is 5.97 Å². The molecule has 2 rings (SSSR count). The van der Waals surface area contributed by atoms with Crippen molar-refractivity contribution in [1.82, 2.24) is 0 Å². The molecule has 0 amide bonds. The number of unbranched alkanes of at least 4 members (excludes halogenated alkanes) is 2. The van der Waals surface area contributed by atoms with Gasteiger partial charge in [0.2, 0.25) is 0 Å². The average molecular weight is 332 g/mol. The molecule has 0 radical (unpaired) electrons. The summed E-state index contributed by atoms with van der Waals surface area (Å²) in [5.41, 5.74) is 2.07. The van der Waals surface area contributed by atoms with Gasteiger partial charge in [0.15, 0.2) is 0 Å². The molecular formula is C21H32O3. The molecule has 1 aliphatic carbocycles. The van der Waals surface area contributed by atoms with Gasteiger partial charge < -0.3 is 0 Å². The van der Waals surface area contributed by atoms with E-state index in [0.717, 1.165) is 19.3 Å². The summed E-state index contributed by atoms with van der Waals surface area (Å²) < 4.78 is 0. The zero-order valence-corrected chi connectivity index (χ0v) is 15.6. The average Bonchev–Trinajstić information content (AvgIpc) is 2.51. The molecule has 1 fully saturated rings. The first kappa shape index (κ1) is 19.0. The number of rotatable bonds is 7. The fraction of sp³-hybridized carbons (Fsp3) is 0.667. The third-order valence-electron chi connectivity index (χ3n) is 4.87. The molecule has 1 aromatic rings. The second-order valence-electron chi connectivity index (χ2n) is 8.16. The third kappa shape index (κ3) is 5.94. The van der Waals surface area contributed by atoms with Crippen LogP contribution in [0, 0.1) is 11.3 Å². The van der Waals surface area contributed by atoms with E-state index in [1.807, 2.05) is 24.3 Å². The Kier molecular flexibility index (Phi) is 6.85. The van der Waals surface area contributed by atoms with E-state index in [1.54, 1.807) is 0 Å². The molecule has 2 atom stereocenters. The van der Waals surface area contributed by atoms with Crippen LogP contribution in [0.2, 0.25) is 0 Å². The maximum absolute atomic E-state index is 12.2. The number of hydrogen-bond donors (Lipinski definition) is 0. The van der Waals surface area contributed by atoms with E-state index in [9.17, 15) is 4.79 Å². The molecule has 24 heavy (non-hydrogen) atoms. The highest BCUT2D eigenvalue weighted by Crippen LogP contribution is 2.39. The van der Waals surface area contributed by atoms with Gasteiger partial charge in [0.05, 0.1) is 5.56 Å². The van der Waals surface area contributed by atoms with E-state index in [4.69, 9.17) is 9.78 Å². The minimum absolute atomic E-state index is 0.000942. The van der Waals surface area contributed by atoms with Crippen molar-refractivity contribution in [3.8, 4) is 0 Å². The van der Waals surface area contributed by atoms with Gasteiger partial charge in [0.25, 0.3) is 0 Å². The first-order chi connectivity index (χ1) is 11.4. The van der Waals surface area contributed by atoms with Gasteiger partial charge in [0.1, 0.15) is 6.10 Å². The van der Waals surface area contributed by atoms with Crippen LogP contribution < -0.4 is 0 Å². The minimum atomic E-state index is -0.397. The molecule has 2 unspecified atom stereocenters. The summed E-state index contributed by atoms with van der Waals surface area (Å²) in [6.45, 7) is 8.93. The van der Waals surface area contributed by atoms with Crippen molar-refractivity contribution < 1.29 is 14.6 Å². The predicted octanol–water partition coefficient (Wildman–Crippen LogP) is 5.72. The van der Waals surface area contributed by atoms with Crippen molar-refractivity contribution in [1.29, 1.82) is 0 Å². The van der Waals surface area contributed by atoms with Gasteiger partial charge in [0, 0.05) is 0 Å². The smallest absolute Gasteiger partial charge is 0.293 e. The minimum Gasteiger partial charge on any atom is -0.293 e. The topological polar surface area (TPSA) is 35.5 Å². The van der Waals surface area contributed by atoms with Gasteiger partial charge in [-0.1, -0.05) is 52.7 Å². The largest absolute Gasteiger partial charge is 0.373 e. The molecule has 0 N–H and O–H groups in total. The fourth-order valence-electron chi connectivity index (χ4n) is 3.88. The normalized spacial score (nSPS) is 23.0. The van der Waals surface area contributed by atoms with Crippen molar-refractivity contribution >= 4 is 5.97 Å². The van der Waals surface area contributed by atoms with E-state index in [2.05, 4.69) is 27.7 Å². The third-order valence-corrected chi connectivity index (χ3v) is 4.87. The summed E-state index contributed by atoms with van der Waals surface area (Å²) in [6, 6.07) is 7.69. The Hall–Kier alpha value is -1.35. The fourth-order valence-corrected chi connectivity index (χ4v) is 3.88. The molecular weight excluding hydrogens is 300 g/mol. The van der Waals surface area contributed by atoms with E-state index < -0.39 is 5.97 Å². The Morgan fingerprint density at radius 1 is 1.17 bits per heavy atom. The molecule has 1 aliphatic rings. The van der Waals surface area contributed by atoms with Crippen molar-refractivity contribution in [2.45, 2.75) is 78.7 Å². The Labute approximate surface area is 146 Å². The zero-order valence-electron chi connectivity index (χ0n) is 15.6. The lowest BCUT2D eigenvalue weighted by atomic mass is 9.71. The van der Waals surface area contributed by atoms with Crippen LogP contribution in [0.1, 0.15) is 82.1 Å². The van der Waals surface area contributed by atoms with Gasteiger partial charge in [-0.2, -0.15) is 4.89 Å². The highest BCUT2D eigenvalue weighted by atomic mass is 17.2. The monoisotopic (exact) mass is 332 g/mol. The SMILES string of the molecule is CCCCCc1ccc(C(=O)OOC2CC(C)CC(C)(C)C2)cc1. The van der Waals surface area contributed by atoms with Crippen LogP contribution in [-0.2, 0) is 16.2 Å². The molecule has 0 spiro atoms. The second kappa shape index (κ2) is 8.66. The van der Waals surface area contributed by atoms with Crippen LogP contribution in [0.3, 0.4) is 0 Å². The van der Waals surface area contributed by atoms with Crippen molar-refractivity contribution in [2.24, 2.45) is 11.3 Å². The highest BCUT2D eigenvalue weighted by molar-refractivity contribution is 5.88. The highest BCUT2D eigenvalue weighted by Gasteiger charge is 2.33. The van der Waals surface area contributed by atoms with E-state index in [-0.39, 0.29) is 11.5 Å². The maximum Gasteiger partial charge on any atom is 0.373 e. The van der Waals surface area contributed by atoms with Gasteiger partial charge in [-0.3, -0.25) is 4.89 Å². The van der Waals surface area contributed by atoms with Crippen LogP contribution in [-0.4, -0.2) is 12.1 Å². The molecule has 0 saturated heterocycles. The van der Waals surface area contributed by atoms with Gasteiger partial charge in [-0.05, 0) is 61.1 Å². The molecule has 1 saturated carbocycles. The summed E-state index contributed by atoms with van der Waals surface area (Å²) >= 11 is 0. The van der Waals surface area contributed by atoms with Crippen LogP contribution >= 0.6 is 0 Å². The number of carbonyl (C=O) groups excluding carboxylic acids is 1. The standard InChI is InChI=1S/C21H32O3/c1-5-6-7-8-17-9-11-18(12-10-17)20(22)24-23-19-13-16(2)14-21(3,4)15-19/h9-12,16,19H,5-8,13-15H2,1-4H3. The summed E-state index contributed by atoms with van der Waals surface area (Å²) in [5, 5.41) is 0. The van der Waals surface area contributed by atoms with E-state index in [0.29, 0.717) is 11.5 Å². The first-order valence-electron chi connectivity index (χ1n) is 9.36.